The van der Waals surface area contributed by atoms with E-state index >= 15 is 0 Å². The molecule has 0 aliphatic carbocycles. The summed E-state index contributed by atoms with van der Waals surface area (Å²) in [4.78, 5) is 27.5. The lowest BCUT2D eigenvalue weighted by atomic mass is 10.2. The van der Waals surface area contributed by atoms with Crippen LogP contribution in [-0.2, 0) is 4.57 Å². The van der Waals surface area contributed by atoms with E-state index < -0.39 is 7.60 Å². The number of benzene rings is 1. The van der Waals surface area contributed by atoms with Crippen LogP contribution in [0.3, 0.4) is 0 Å². The number of aldehydes is 1. The summed E-state index contributed by atoms with van der Waals surface area (Å²) in [6.45, 7) is 0. The maximum atomic E-state index is 10.6. The molecule has 0 aliphatic heterocycles. The lowest BCUT2D eigenvalue weighted by Crippen LogP contribution is -2.02. The number of hydrogen-bond donors (Lipinski definition) is 2. The van der Waals surface area contributed by atoms with Crippen LogP contribution < -0.4 is 5.30 Å². The third-order valence-electron chi connectivity index (χ3n) is 1.37. The van der Waals surface area contributed by atoms with Gasteiger partial charge in [0.05, 0.1) is 5.30 Å². The first-order chi connectivity index (χ1) is 5.54. The molecule has 2 N–H and O–H groups in total. The molecule has 0 aliphatic rings. The van der Waals surface area contributed by atoms with Gasteiger partial charge in [0, 0.05) is 5.56 Å². The molecule has 0 spiro atoms. The topological polar surface area (TPSA) is 74.6 Å². The standard InChI is InChI=1S/C7H7O4P/c8-5-6-1-3-7(4-2-6)12(9,10)11/h1-5H,(H2,9,10,11). The Morgan fingerprint density at radius 2 is 1.67 bits per heavy atom. The molecule has 0 saturated heterocycles. The Morgan fingerprint density at radius 3 is 2.00 bits per heavy atom. The van der Waals surface area contributed by atoms with Gasteiger partial charge in [-0.3, -0.25) is 9.36 Å². The van der Waals surface area contributed by atoms with Gasteiger partial charge in [-0.15, -0.1) is 0 Å². The van der Waals surface area contributed by atoms with E-state index in [2.05, 4.69) is 0 Å². The summed E-state index contributed by atoms with van der Waals surface area (Å²) in [5.74, 6) is 0. The van der Waals surface area contributed by atoms with E-state index in [0.717, 1.165) is 0 Å². The van der Waals surface area contributed by atoms with Crippen molar-refractivity contribution in [3.63, 3.8) is 0 Å². The highest BCUT2D eigenvalue weighted by Crippen LogP contribution is 2.32. The molecule has 12 heavy (non-hydrogen) atoms. The van der Waals surface area contributed by atoms with Gasteiger partial charge in [0.25, 0.3) is 0 Å². The van der Waals surface area contributed by atoms with E-state index in [1.165, 1.54) is 24.3 Å². The molecule has 0 amide bonds. The fourth-order valence-electron chi connectivity index (χ4n) is 0.747. The van der Waals surface area contributed by atoms with Crippen molar-refractivity contribution in [3.05, 3.63) is 29.8 Å². The van der Waals surface area contributed by atoms with Crippen molar-refractivity contribution >= 4 is 19.2 Å². The van der Waals surface area contributed by atoms with Crippen LogP contribution in [0.1, 0.15) is 10.4 Å². The molecule has 0 saturated carbocycles. The molecule has 64 valence electrons. The van der Waals surface area contributed by atoms with Gasteiger partial charge in [-0.25, -0.2) is 0 Å². The number of carbonyl (C=O) groups excluding carboxylic acids is 1. The highest BCUT2D eigenvalue weighted by Gasteiger charge is 2.15. The van der Waals surface area contributed by atoms with E-state index in [9.17, 15) is 9.36 Å². The molecule has 5 heteroatoms. The fraction of sp³-hybridized carbons (Fsp3) is 0. The van der Waals surface area contributed by atoms with Crippen LogP contribution in [0.2, 0.25) is 0 Å². The average molecular weight is 186 g/mol. The second kappa shape index (κ2) is 3.19. The van der Waals surface area contributed by atoms with E-state index in [1.807, 2.05) is 0 Å². The van der Waals surface area contributed by atoms with Crippen LogP contribution in [-0.4, -0.2) is 16.1 Å². The maximum Gasteiger partial charge on any atom is 0.356 e. The monoisotopic (exact) mass is 186 g/mol. The van der Waals surface area contributed by atoms with Gasteiger partial charge in [0.1, 0.15) is 6.29 Å². The maximum absolute atomic E-state index is 10.6. The van der Waals surface area contributed by atoms with Crippen molar-refractivity contribution in [2.24, 2.45) is 0 Å². The zero-order chi connectivity index (χ0) is 9.19. The van der Waals surface area contributed by atoms with Crippen molar-refractivity contribution in [2.75, 3.05) is 0 Å². The van der Waals surface area contributed by atoms with Gasteiger partial charge in [-0.2, -0.15) is 0 Å². The first-order valence-corrected chi connectivity index (χ1v) is 4.76. The normalized spacial score (nSPS) is 11.2. The Kier molecular flexibility index (Phi) is 2.43. The van der Waals surface area contributed by atoms with Crippen LogP contribution in [0.5, 0.6) is 0 Å². The van der Waals surface area contributed by atoms with Crippen LogP contribution in [0.4, 0.5) is 0 Å². The summed E-state index contributed by atoms with van der Waals surface area (Å²) in [5.41, 5.74) is 0.396. The highest BCUT2D eigenvalue weighted by atomic mass is 31.2. The summed E-state index contributed by atoms with van der Waals surface area (Å²) in [6.07, 6.45) is 0.615. The van der Waals surface area contributed by atoms with E-state index in [0.29, 0.717) is 11.8 Å². The van der Waals surface area contributed by atoms with Gasteiger partial charge in [0.15, 0.2) is 0 Å². The van der Waals surface area contributed by atoms with E-state index in [1.54, 1.807) is 0 Å². The average Bonchev–Trinajstić information content (AvgIpc) is 2.03. The predicted molar refractivity (Wildman–Crippen MR) is 43.5 cm³/mol. The van der Waals surface area contributed by atoms with Crippen molar-refractivity contribution in [2.45, 2.75) is 0 Å². The predicted octanol–water partition coefficient (Wildman–Crippen LogP) is 0.302. The summed E-state index contributed by atoms with van der Waals surface area (Å²) >= 11 is 0. The molecule has 0 unspecified atom stereocenters. The summed E-state index contributed by atoms with van der Waals surface area (Å²) in [6, 6.07) is 5.21. The molecule has 1 aromatic rings. The molecular formula is C7H7O4P. The van der Waals surface area contributed by atoms with Crippen molar-refractivity contribution in [1.82, 2.24) is 0 Å². The largest absolute Gasteiger partial charge is 0.356 e. The molecular weight excluding hydrogens is 179 g/mol. The molecule has 0 heterocycles. The molecule has 0 radical (unpaired) electrons. The second-order valence-electron chi connectivity index (χ2n) is 2.25. The lowest BCUT2D eigenvalue weighted by Gasteiger charge is -2.02. The van der Waals surface area contributed by atoms with Crippen LogP contribution >= 0.6 is 7.60 Å². The van der Waals surface area contributed by atoms with Gasteiger partial charge in [-0.05, 0) is 12.1 Å². The zero-order valence-corrected chi connectivity index (χ0v) is 6.94. The van der Waals surface area contributed by atoms with Crippen molar-refractivity contribution in [1.29, 1.82) is 0 Å². The molecule has 0 bridgehead atoms. The van der Waals surface area contributed by atoms with Gasteiger partial charge >= 0.3 is 7.60 Å². The third-order valence-corrected chi connectivity index (χ3v) is 2.34. The minimum Gasteiger partial charge on any atom is -0.321 e. The molecule has 0 atom stereocenters. The van der Waals surface area contributed by atoms with Gasteiger partial charge < -0.3 is 9.79 Å². The summed E-state index contributed by atoms with van der Waals surface area (Å²) in [7, 11) is -4.16. The molecule has 0 fully saturated rings. The molecule has 4 nitrogen and oxygen atoms in total. The smallest absolute Gasteiger partial charge is 0.321 e. The number of rotatable bonds is 2. The van der Waals surface area contributed by atoms with Crippen molar-refractivity contribution in [3.8, 4) is 0 Å². The fourth-order valence-corrected chi connectivity index (χ4v) is 1.28. The van der Waals surface area contributed by atoms with Crippen LogP contribution in [0.25, 0.3) is 0 Å². The Hall–Kier alpha value is -0.960. The Bertz CT molecular complexity index is 324. The lowest BCUT2D eigenvalue weighted by molar-refractivity contribution is 0.112. The first kappa shape index (κ1) is 9.13. The molecule has 1 aromatic carbocycles. The number of hydrogen-bond acceptors (Lipinski definition) is 2. The first-order valence-electron chi connectivity index (χ1n) is 3.15. The molecule has 0 aromatic heterocycles. The third kappa shape index (κ3) is 2.01. The summed E-state index contributed by atoms with van der Waals surface area (Å²) in [5, 5.41) is -0.0758. The highest BCUT2D eigenvalue weighted by molar-refractivity contribution is 7.60. The van der Waals surface area contributed by atoms with E-state index in [-0.39, 0.29) is 5.30 Å². The minimum atomic E-state index is -4.16. The minimum absolute atomic E-state index is 0.0758. The molecule has 1 rings (SSSR count). The van der Waals surface area contributed by atoms with Crippen molar-refractivity contribution < 1.29 is 19.1 Å². The Morgan fingerprint density at radius 1 is 1.17 bits per heavy atom. The Balaban J connectivity index is 3.08. The zero-order valence-electron chi connectivity index (χ0n) is 6.04. The van der Waals surface area contributed by atoms with Crippen LogP contribution in [0.15, 0.2) is 24.3 Å². The SMILES string of the molecule is O=Cc1ccc(P(=O)(O)O)cc1. The van der Waals surface area contributed by atoms with E-state index in [4.69, 9.17) is 9.79 Å². The Labute approximate surface area is 69.0 Å². The van der Waals surface area contributed by atoms with Gasteiger partial charge in [0.2, 0.25) is 0 Å². The quantitative estimate of drug-likeness (QED) is 0.514. The van der Waals surface area contributed by atoms with Gasteiger partial charge in [-0.1, -0.05) is 12.1 Å². The van der Waals surface area contributed by atoms with Crippen LogP contribution in [0, 0.1) is 0 Å². The summed E-state index contributed by atoms with van der Waals surface area (Å²) < 4.78 is 10.6. The number of carbonyl (C=O) groups is 1. The second-order valence-corrected chi connectivity index (χ2v) is 3.86.